The van der Waals surface area contributed by atoms with Gasteiger partial charge in [0.15, 0.2) is 11.6 Å². The molecule has 0 aliphatic heterocycles. The predicted molar refractivity (Wildman–Crippen MR) is 129 cm³/mol. The van der Waals surface area contributed by atoms with Crippen LogP contribution in [0.25, 0.3) is 10.8 Å². The number of ketones is 2. The van der Waals surface area contributed by atoms with E-state index in [0.29, 0.717) is 21.9 Å². The molecule has 8 nitrogen and oxygen atoms in total. The molecular weight excluding hydrogens is 450 g/mol. The van der Waals surface area contributed by atoms with Crippen LogP contribution in [0.5, 0.6) is 11.5 Å². The zero-order chi connectivity index (χ0) is 25.1. The minimum absolute atomic E-state index is 0.143. The minimum Gasteiger partial charge on any atom is -0.496 e. The highest BCUT2D eigenvalue weighted by molar-refractivity contribution is 6.26. The van der Waals surface area contributed by atoms with Crippen molar-refractivity contribution in [3.63, 3.8) is 0 Å². The molecule has 0 unspecified atom stereocenters. The molecule has 176 valence electrons. The van der Waals surface area contributed by atoms with E-state index in [1.54, 1.807) is 48.5 Å². The zero-order valence-corrected chi connectivity index (χ0v) is 19.0. The number of benzene rings is 4. The van der Waals surface area contributed by atoms with E-state index in [2.05, 4.69) is 0 Å². The van der Waals surface area contributed by atoms with Crippen LogP contribution >= 0.6 is 0 Å². The van der Waals surface area contributed by atoms with E-state index in [1.807, 2.05) is 0 Å². The maximum atomic E-state index is 13.7. The Bertz CT molecular complexity index is 1440. The maximum absolute atomic E-state index is 13.7. The number of ether oxygens (including phenoxy) is 2. The lowest BCUT2D eigenvalue weighted by Crippen LogP contribution is -2.11. The largest absolute Gasteiger partial charge is 0.496 e. The summed E-state index contributed by atoms with van der Waals surface area (Å²) in [5, 5.41) is 21.3. The van der Waals surface area contributed by atoms with Crippen molar-refractivity contribution < 1.29 is 29.1 Å². The molecule has 4 aromatic carbocycles. The summed E-state index contributed by atoms with van der Waals surface area (Å²) in [6, 6.07) is 18.5. The summed E-state index contributed by atoms with van der Waals surface area (Å²) in [6.07, 6.45) is 0. The number of carbonyl (C=O) groups is 2. The molecule has 0 spiro atoms. The van der Waals surface area contributed by atoms with E-state index in [4.69, 9.17) is 9.47 Å². The number of hydrogen-bond donors (Lipinski definition) is 1. The zero-order valence-electron chi connectivity index (χ0n) is 19.0. The smallest absolute Gasteiger partial charge is 0.269 e. The molecule has 0 atom stereocenters. The second-order valence-corrected chi connectivity index (χ2v) is 7.70. The number of fused-ring (bicyclic) bond motifs is 1. The molecule has 0 radical (unpaired) electrons. The quantitative estimate of drug-likeness (QED) is 0.225. The van der Waals surface area contributed by atoms with Crippen molar-refractivity contribution in [3.8, 4) is 11.5 Å². The summed E-state index contributed by atoms with van der Waals surface area (Å²) in [5.41, 5.74) is 1.40. The van der Waals surface area contributed by atoms with Gasteiger partial charge in [0, 0.05) is 28.6 Å². The van der Waals surface area contributed by atoms with Crippen molar-refractivity contribution in [2.75, 3.05) is 14.2 Å². The fourth-order valence-corrected chi connectivity index (χ4v) is 3.96. The molecule has 1 N–H and O–H groups in total. The second-order valence-electron chi connectivity index (χ2n) is 7.70. The molecule has 0 aliphatic rings. The van der Waals surface area contributed by atoms with Crippen molar-refractivity contribution >= 4 is 28.0 Å². The molecule has 0 aliphatic carbocycles. The van der Waals surface area contributed by atoms with Crippen molar-refractivity contribution in [1.29, 1.82) is 0 Å². The van der Waals surface area contributed by atoms with Crippen LogP contribution in [-0.2, 0) is 6.61 Å². The van der Waals surface area contributed by atoms with Crippen LogP contribution in [0.4, 0.5) is 5.69 Å². The minimum atomic E-state index is -0.545. The lowest BCUT2D eigenvalue weighted by atomic mass is 9.89. The fourth-order valence-electron chi connectivity index (χ4n) is 3.96. The monoisotopic (exact) mass is 471 g/mol. The van der Waals surface area contributed by atoms with Crippen LogP contribution < -0.4 is 9.47 Å². The molecule has 8 heteroatoms. The molecule has 0 saturated carbocycles. The number of carbonyl (C=O) groups excluding carboxylic acids is 2. The number of aliphatic hydroxyl groups is 1. The average molecular weight is 471 g/mol. The number of nitrogens with zero attached hydrogens (tertiary/aromatic N) is 1. The third-order valence-electron chi connectivity index (χ3n) is 5.74. The Labute approximate surface area is 200 Å². The summed E-state index contributed by atoms with van der Waals surface area (Å²) in [6.45, 7) is -0.156. The van der Waals surface area contributed by atoms with Gasteiger partial charge >= 0.3 is 0 Å². The van der Waals surface area contributed by atoms with Gasteiger partial charge in [0.05, 0.1) is 36.9 Å². The Balaban J connectivity index is 1.98. The Hall–Kier alpha value is -4.56. The highest BCUT2D eigenvalue weighted by Gasteiger charge is 2.26. The Morgan fingerprint density at radius 3 is 1.63 bits per heavy atom. The average Bonchev–Trinajstić information content (AvgIpc) is 2.90. The Kier molecular flexibility index (Phi) is 6.57. The van der Waals surface area contributed by atoms with Gasteiger partial charge in [-0.3, -0.25) is 19.7 Å². The van der Waals surface area contributed by atoms with Gasteiger partial charge in [0.1, 0.15) is 11.5 Å². The topological polar surface area (TPSA) is 116 Å². The van der Waals surface area contributed by atoms with Gasteiger partial charge in [-0.05, 0) is 35.2 Å². The molecule has 0 aromatic heterocycles. The summed E-state index contributed by atoms with van der Waals surface area (Å²) >= 11 is 0. The van der Waals surface area contributed by atoms with Crippen molar-refractivity contribution in [2.45, 2.75) is 6.61 Å². The highest BCUT2D eigenvalue weighted by atomic mass is 16.6. The van der Waals surface area contributed by atoms with E-state index < -0.39 is 10.7 Å². The van der Waals surface area contributed by atoms with Crippen LogP contribution in [-0.4, -0.2) is 35.8 Å². The molecule has 0 fully saturated rings. The Morgan fingerprint density at radius 2 is 1.23 bits per heavy atom. The molecule has 35 heavy (non-hydrogen) atoms. The van der Waals surface area contributed by atoms with E-state index in [9.17, 15) is 24.8 Å². The first-order valence-corrected chi connectivity index (χ1v) is 10.6. The van der Waals surface area contributed by atoms with Crippen LogP contribution in [0.3, 0.4) is 0 Å². The summed E-state index contributed by atoms with van der Waals surface area (Å²) < 4.78 is 11.0. The predicted octanol–water partition coefficient (Wildman–Crippen LogP) is 4.72. The van der Waals surface area contributed by atoms with E-state index in [1.165, 1.54) is 38.5 Å². The van der Waals surface area contributed by atoms with Gasteiger partial charge < -0.3 is 14.6 Å². The van der Waals surface area contributed by atoms with Crippen LogP contribution in [0.1, 0.15) is 37.4 Å². The highest BCUT2D eigenvalue weighted by Crippen LogP contribution is 2.38. The fraction of sp³-hybridized carbons (Fsp3) is 0.111. The molecule has 0 amide bonds. The van der Waals surface area contributed by atoms with Crippen LogP contribution in [0.2, 0.25) is 0 Å². The van der Waals surface area contributed by atoms with Crippen molar-refractivity contribution in [1.82, 2.24) is 0 Å². The number of nitro benzene ring substituents is 1. The molecule has 0 heterocycles. The van der Waals surface area contributed by atoms with E-state index >= 15 is 0 Å². The lowest BCUT2D eigenvalue weighted by Gasteiger charge is -2.17. The number of methoxy groups -OCH3 is 2. The van der Waals surface area contributed by atoms with E-state index in [0.717, 1.165) is 0 Å². The summed E-state index contributed by atoms with van der Waals surface area (Å²) in [4.78, 5) is 37.9. The number of aliphatic hydroxyl groups excluding tert-OH is 1. The lowest BCUT2D eigenvalue weighted by molar-refractivity contribution is -0.384. The molecule has 0 bridgehead atoms. The van der Waals surface area contributed by atoms with Gasteiger partial charge in [-0.2, -0.15) is 0 Å². The van der Waals surface area contributed by atoms with Crippen LogP contribution in [0.15, 0.2) is 72.8 Å². The Morgan fingerprint density at radius 1 is 0.771 bits per heavy atom. The van der Waals surface area contributed by atoms with Gasteiger partial charge in [0.25, 0.3) is 5.69 Å². The van der Waals surface area contributed by atoms with Crippen molar-refractivity contribution in [2.24, 2.45) is 0 Å². The molecule has 4 aromatic rings. The van der Waals surface area contributed by atoms with Gasteiger partial charge in [0.2, 0.25) is 0 Å². The first-order chi connectivity index (χ1) is 16.9. The first kappa shape index (κ1) is 23.6. The molecular formula is C27H21NO7. The molecule has 4 rings (SSSR count). The summed E-state index contributed by atoms with van der Waals surface area (Å²) in [7, 11) is 2.86. The third-order valence-corrected chi connectivity index (χ3v) is 5.74. The van der Waals surface area contributed by atoms with Gasteiger partial charge in [-0.1, -0.05) is 36.4 Å². The SMILES string of the molecule is COc1ccc2ccc(OC)c(C(=O)c3ccc([N+](=O)[O-])cc3)c2c1C(=O)c1ccc(CO)cc1. The van der Waals surface area contributed by atoms with Gasteiger partial charge in [-0.25, -0.2) is 0 Å². The molecule has 0 saturated heterocycles. The first-order valence-electron chi connectivity index (χ1n) is 10.6. The number of non-ortho nitro benzene ring substituents is 1. The summed E-state index contributed by atoms with van der Waals surface area (Å²) in [5.74, 6) is -0.304. The maximum Gasteiger partial charge on any atom is 0.269 e. The van der Waals surface area contributed by atoms with Crippen LogP contribution in [0, 0.1) is 10.1 Å². The normalized spacial score (nSPS) is 10.7. The number of rotatable bonds is 8. The number of hydrogen-bond acceptors (Lipinski definition) is 7. The third kappa shape index (κ3) is 4.34. The van der Waals surface area contributed by atoms with Crippen molar-refractivity contribution in [3.05, 3.63) is 111 Å². The number of nitro groups is 1. The van der Waals surface area contributed by atoms with E-state index in [-0.39, 0.29) is 46.3 Å². The standard InChI is InChI=1S/C27H21NO7/c1-34-21-13-9-17-10-14-22(35-2)25(27(31)19-7-11-20(12-8-19)28(32)33)23(17)24(21)26(30)18-5-3-16(15-29)4-6-18/h3-14,29H,15H2,1-2H3. The van der Waals surface area contributed by atoms with Gasteiger partial charge in [-0.15, -0.1) is 0 Å². The second kappa shape index (κ2) is 9.74.